The number of halogens is 1. The maximum atomic E-state index is 14.6. The minimum Gasteiger partial charge on any atom is -0.395 e. The van der Waals surface area contributed by atoms with Crippen molar-refractivity contribution in [1.82, 2.24) is 4.90 Å². The Hall–Kier alpha value is -3.27. The molecule has 5 rings (SSSR count). The van der Waals surface area contributed by atoms with Crippen LogP contribution in [0.1, 0.15) is 17.5 Å². The highest BCUT2D eigenvalue weighted by Gasteiger charge is 2.77. The number of ether oxygens (including phenoxy) is 1. The highest BCUT2D eigenvalue weighted by atomic mass is 79.9. The molecule has 216 valence electrons. The number of likely N-dealkylation sites (tertiary alicyclic amines) is 1. The summed E-state index contributed by atoms with van der Waals surface area (Å²) in [5.74, 6) is -2.59. The highest BCUT2D eigenvalue weighted by Crippen LogP contribution is 2.60. The third kappa shape index (κ3) is 4.64. The number of amides is 3. The summed E-state index contributed by atoms with van der Waals surface area (Å²) >= 11 is 3.73. The van der Waals surface area contributed by atoms with Crippen LogP contribution in [-0.4, -0.2) is 76.5 Å². The van der Waals surface area contributed by atoms with Crippen LogP contribution in [0.2, 0.25) is 0 Å². The number of benzene rings is 2. The van der Waals surface area contributed by atoms with Gasteiger partial charge in [-0.3, -0.25) is 14.4 Å². The number of fused-ring (bicyclic) bond motifs is 1. The molecule has 8 nitrogen and oxygen atoms in total. The number of rotatable bonds is 10. The van der Waals surface area contributed by atoms with Crippen molar-refractivity contribution in [2.45, 2.75) is 42.8 Å². The SMILES string of the molecule is C=CCN(C(=O)[C@H]1[C@@H]2OC3(CC2Br)C(C(=O)N(CC=C)c2c(C)cccc2C)N(CCO)C(=O)[C@H]13)c1ccccc1. The molecule has 2 bridgehead atoms. The van der Waals surface area contributed by atoms with Gasteiger partial charge in [-0.05, 0) is 43.5 Å². The van der Waals surface area contributed by atoms with Gasteiger partial charge < -0.3 is 24.5 Å². The van der Waals surface area contributed by atoms with Gasteiger partial charge in [0.05, 0.1) is 24.5 Å². The smallest absolute Gasteiger partial charge is 0.253 e. The summed E-state index contributed by atoms with van der Waals surface area (Å²) in [5.41, 5.74) is 2.05. The zero-order valence-corrected chi connectivity index (χ0v) is 25.0. The molecule has 0 radical (unpaired) electrons. The quantitative estimate of drug-likeness (QED) is 0.322. The van der Waals surface area contributed by atoms with E-state index in [1.807, 2.05) is 62.4 Å². The van der Waals surface area contributed by atoms with Crippen LogP contribution in [0.4, 0.5) is 11.4 Å². The zero-order chi connectivity index (χ0) is 29.5. The van der Waals surface area contributed by atoms with Crippen LogP contribution in [0.15, 0.2) is 73.8 Å². The third-order valence-corrected chi connectivity index (χ3v) is 9.43. The Balaban J connectivity index is 1.60. The maximum Gasteiger partial charge on any atom is 0.253 e. The lowest BCUT2D eigenvalue weighted by Crippen LogP contribution is -2.57. The number of anilines is 2. The van der Waals surface area contributed by atoms with Crippen LogP contribution in [0.25, 0.3) is 0 Å². The molecule has 0 aromatic heterocycles. The number of carbonyl (C=O) groups excluding carboxylic acids is 3. The number of β-amino-alcohol motifs (C(OH)–C–C–N with tert-alkyl or cyclic N) is 1. The number of hydrogen-bond donors (Lipinski definition) is 1. The molecule has 3 amide bonds. The first kappa shape index (κ1) is 29.2. The molecule has 3 fully saturated rings. The van der Waals surface area contributed by atoms with Crippen molar-refractivity contribution in [3.05, 3.63) is 85.0 Å². The van der Waals surface area contributed by atoms with Crippen LogP contribution >= 0.6 is 15.9 Å². The topological polar surface area (TPSA) is 90.4 Å². The summed E-state index contributed by atoms with van der Waals surface area (Å²) < 4.78 is 6.66. The summed E-state index contributed by atoms with van der Waals surface area (Å²) in [6.45, 7) is 11.7. The van der Waals surface area contributed by atoms with Crippen molar-refractivity contribution in [2.75, 3.05) is 36.0 Å². The van der Waals surface area contributed by atoms with E-state index in [0.717, 1.165) is 16.8 Å². The molecule has 3 heterocycles. The Morgan fingerprint density at radius 3 is 2.29 bits per heavy atom. The lowest BCUT2D eigenvalue weighted by atomic mass is 9.70. The maximum absolute atomic E-state index is 14.6. The van der Waals surface area contributed by atoms with Crippen molar-refractivity contribution in [1.29, 1.82) is 0 Å². The second-order valence-electron chi connectivity index (χ2n) is 11.0. The molecular formula is C32H36BrN3O5. The molecule has 3 unspecified atom stereocenters. The Labute approximate surface area is 249 Å². The van der Waals surface area contributed by atoms with Gasteiger partial charge in [0.1, 0.15) is 11.6 Å². The highest BCUT2D eigenvalue weighted by molar-refractivity contribution is 9.09. The van der Waals surface area contributed by atoms with E-state index in [0.29, 0.717) is 12.1 Å². The fourth-order valence-corrected chi connectivity index (χ4v) is 8.02. The first-order chi connectivity index (χ1) is 19.7. The van der Waals surface area contributed by atoms with E-state index in [1.165, 1.54) is 4.90 Å². The van der Waals surface area contributed by atoms with Crippen LogP contribution in [0.3, 0.4) is 0 Å². The fraction of sp³-hybridized carbons (Fsp3) is 0.406. The van der Waals surface area contributed by atoms with Crippen molar-refractivity contribution >= 4 is 45.0 Å². The van der Waals surface area contributed by atoms with Gasteiger partial charge >= 0.3 is 0 Å². The monoisotopic (exact) mass is 621 g/mol. The average molecular weight is 623 g/mol. The van der Waals surface area contributed by atoms with Crippen molar-refractivity contribution < 1.29 is 24.2 Å². The summed E-state index contributed by atoms with van der Waals surface area (Å²) in [4.78, 5) is 47.6. The molecular weight excluding hydrogens is 586 g/mol. The van der Waals surface area contributed by atoms with Crippen molar-refractivity contribution in [2.24, 2.45) is 11.8 Å². The number of para-hydroxylation sites is 2. The number of aliphatic hydroxyl groups is 1. The fourth-order valence-electron chi connectivity index (χ4n) is 7.08. The van der Waals surface area contributed by atoms with E-state index in [-0.39, 0.29) is 48.8 Å². The first-order valence-electron chi connectivity index (χ1n) is 13.9. The summed E-state index contributed by atoms with van der Waals surface area (Å²) in [7, 11) is 0. The van der Waals surface area contributed by atoms with Crippen LogP contribution in [0.5, 0.6) is 0 Å². The van der Waals surface area contributed by atoms with Crippen LogP contribution < -0.4 is 9.80 Å². The second-order valence-corrected chi connectivity index (χ2v) is 12.1. The predicted molar refractivity (Wildman–Crippen MR) is 162 cm³/mol. The molecule has 3 aliphatic heterocycles. The molecule has 41 heavy (non-hydrogen) atoms. The van der Waals surface area contributed by atoms with Gasteiger partial charge in [-0.2, -0.15) is 0 Å². The lowest BCUT2D eigenvalue weighted by Gasteiger charge is -2.38. The van der Waals surface area contributed by atoms with Crippen molar-refractivity contribution in [3.8, 4) is 0 Å². The molecule has 1 spiro atoms. The number of hydrogen-bond acceptors (Lipinski definition) is 5. The molecule has 2 aromatic rings. The summed E-state index contributed by atoms with van der Waals surface area (Å²) in [6, 6.07) is 14.1. The van der Waals surface area contributed by atoms with Gasteiger partial charge in [0, 0.05) is 35.8 Å². The van der Waals surface area contributed by atoms with Gasteiger partial charge in [0.25, 0.3) is 5.91 Å². The largest absolute Gasteiger partial charge is 0.395 e. The molecule has 0 aliphatic carbocycles. The van der Waals surface area contributed by atoms with E-state index in [2.05, 4.69) is 29.1 Å². The van der Waals surface area contributed by atoms with E-state index in [1.54, 1.807) is 22.0 Å². The number of aryl methyl sites for hydroxylation is 2. The average Bonchev–Trinajstić information content (AvgIpc) is 3.54. The van der Waals surface area contributed by atoms with Gasteiger partial charge in [0.2, 0.25) is 11.8 Å². The number of aliphatic hydroxyl groups excluding tert-OH is 1. The predicted octanol–water partition coefficient (Wildman–Crippen LogP) is 3.78. The van der Waals surface area contributed by atoms with E-state index in [4.69, 9.17) is 4.74 Å². The van der Waals surface area contributed by atoms with E-state index in [9.17, 15) is 19.5 Å². The summed E-state index contributed by atoms with van der Waals surface area (Å²) in [6.07, 6.45) is 3.11. The van der Waals surface area contributed by atoms with Gasteiger partial charge in [-0.1, -0.05) is 64.5 Å². The molecule has 6 atom stereocenters. The van der Waals surface area contributed by atoms with E-state index >= 15 is 0 Å². The summed E-state index contributed by atoms with van der Waals surface area (Å²) in [5, 5.41) is 9.98. The molecule has 3 saturated heterocycles. The molecule has 3 aliphatic rings. The van der Waals surface area contributed by atoms with Crippen molar-refractivity contribution in [3.63, 3.8) is 0 Å². The van der Waals surface area contributed by atoms with Gasteiger partial charge in [0.15, 0.2) is 0 Å². The molecule has 9 heteroatoms. The Morgan fingerprint density at radius 2 is 1.68 bits per heavy atom. The zero-order valence-electron chi connectivity index (χ0n) is 23.4. The Bertz CT molecular complexity index is 1350. The molecule has 1 N–H and O–H groups in total. The van der Waals surface area contributed by atoms with Gasteiger partial charge in [-0.25, -0.2) is 0 Å². The second kappa shape index (κ2) is 11.5. The van der Waals surface area contributed by atoms with Crippen LogP contribution in [0, 0.1) is 25.7 Å². The Kier molecular flexibility index (Phi) is 8.23. The molecule has 0 saturated carbocycles. The Morgan fingerprint density at radius 1 is 1.05 bits per heavy atom. The number of carbonyl (C=O) groups is 3. The standard InChI is InChI=1S/C32H36BrN3O5/c1-5-15-34(22-13-8-7-9-14-22)29(38)24-25-30(39)36(17-18-37)28(32(25)19-23(33)27(24)41-32)31(40)35(16-6-2)26-20(3)11-10-12-21(26)4/h5-14,23-25,27-28,37H,1-2,15-19H2,3-4H3/t23?,24-,25+,27-,28?,32?/m1/s1. The first-order valence-corrected chi connectivity index (χ1v) is 14.8. The number of alkyl halides is 1. The minimum absolute atomic E-state index is 0.0425. The minimum atomic E-state index is -1.23. The molecule has 2 aromatic carbocycles. The number of nitrogens with zero attached hydrogens (tertiary/aromatic N) is 3. The van der Waals surface area contributed by atoms with E-state index < -0.39 is 29.6 Å². The van der Waals surface area contributed by atoms with Gasteiger partial charge in [-0.15, -0.1) is 13.2 Å². The normalized spacial score (nSPS) is 28.0. The lowest BCUT2D eigenvalue weighted by molar-refractivity contribution is -0.141. The van der Waals surface area contributed by atoms with Crippen LogP contribution in [-0.2, 0) is 19.1 Å². The third-order valence-electron chi connectivity index (χ3n) is 8.58.